The molecule has 4 heterocycles. The molecule has 158 valence electrons. The van der Waals surface area contributed by atoms with Crippen LogP contribution in [0, 0.1) is 5.41 Å². The molecule has 0 radical (unpaired) electrons. The summed E-state index contributed by atoms with van der Waals surface area (Å²) in [5, 5.41) is 22.6. The van der Waals surface area contributed by atoms with Gasteiger partial charge in [-0.25, -0.2) is 15.0 Å². The van der Waals surface area contributed by atoms with E-state index in [4.69, 9.17) is 16.2 Å². The number of fused-ring (bicyclic) bond motifs is 1. The van der Waals surface area contributed by atoms with Crippen molar-refractivity contribution in [1.82, 2.24) is 19.5 Å². The summed E-state index contributed by atoms with van der Waals surface area (Å²) in [7, 11) is 0. The Morgan fingerprint density at radius 1 is 1.17 bits per heavy atom. The topological polar surface area (TPSA) is 145 Å². The molecule has 0 bridgehead atoms. The van der Waals surface area contributed by atoms with Gasteiger partial charge in [0.2, 0.25) is 0 Å². The molecule has 1 spiro atoms. The summed E-state index contributed by atoms with van der Waals surface area (Å²) in [5.41, 5.74) is 12.8. The maximum atomic E-state index is 11.0. The average Bonchev–Trinajstić information content (AvgIpc) is 3.41. The summed E-state index contributed by atoms with van der Waals surface area (Å²) >= 11 is 0. The van der Waals surface area contributed by atoms with Crippen LogP contribution in [0.5, 0.6) is 0 Å². The normalized spacial score (nSPS) is 31.1. The second kappa shape index (κ2) is 7.19. The second-order valence-corrected chi connectivity index (χ2v) is 8.52. The number of anilines is 2. The fourth-order valence-corrected chi connectivity index (χ4v) is 5.09. The Balaban J connectivity index is 1.32. The van der Waals surface area contributed by atoms with Crippen LogP contribution in [0.15, 0.2) is 36.8 Å². The molecular weight excluding hydrogens is 384 g/mol. The molecule has 0 unspecified atom stereocenters. The number of nitrogens with two attached hydrogens (primary N) is 2. The van der Waals surface area contributed by atoms with Crippen LogP contribution in [0.25, 0.3) is 11.0 Å². The van der Waals surface area contributed by atoms with Gasteiger partial charge in [-0.2, -0.15) is 0 Å². The minimum atomic E-state index is -0.908. The first-order chi connectivity index (χ1) is 14.5. The maximum Gasteiger partial charge on any atom is 0.145 e. The van der Waals surface area contributed by atoms with Crippen LogP contribution in [-0.2, 0) is 11.2 Å². The lowest BCUT2D eigenvalue weighted by molar-refractivity contribution is -0.0309. The first-order valence-electron chi connectivity index (χ1n) is 10.2. The molecule has 5 rings (SSSR count). The fourth-order valence-electron chi connectivity index (χ4n) is 5.09. The fraction of sp³-hybridized carbons (Fsp3) is 0.476. The number of hydrogen-bond acceptors (Lipinski definition) is 8. The molecule has 0 aromatic carbocycles. The number of nitrogen functional groups attached to an aromatic ring is 2. The van der Waals surface area contributed by atoms with Crippen molar-refractivity contribution in [2.75, 3.05) is 18.1 Å². The molecule has 3 aromatic rings. The van der Waals surface area contributed by atoms with Crippen molar-refractivity contribution in [2.45, 2.75) is 50.0 Å². The van der Waals surface area contributed by atoms with Gasteiger partial charge < -0.3 is 31.0 Å². The van der Waals surface area contributed by atoms with Crippen molar-refractivity contribution in [2.24, 2.45) is 5.41 Å². The van der Waals surface area contributed by atoms with Gasteiger partial charge in [0.15, 0.2) is 0 Å². The number of pyridine rings is 1. The number of aryl methyl sites for hydroxylation is 1. The van der Waals surface area contributed by atoms with Gasteiger partial charge in [-0.05, 0) is 43.9 Å². The van der Waals surface area contributed by atoms with Gasteiger partial charge in [0.25, 0.3) is 0 Å². The van der Waals surface area contributed by atoms with Crippen molar-refractivity contribution >= 4 is 22.7 Å². The molecule has 0 amide bonds. The Bertz CT molecular complexity index is 1070. The third kappa shape index (κ3) is 3.10. The third-order valence-electron chi connectivity index (χ3n) is 6.65. The van der Waals surface area contributed by atoms with E-state index < -0.39 is 17.6 Å². The highest BCUT2D eigenvalue weighted by Gasteiger charge is 2.57. The maximum absolute atomic E-state index is 11.0. The van der Waals surface area contributed by atoms with E-state index in [2.05, 4.69) is 15.0 Å². The number of aliphatic hydroxyl groups is 2. The zero-order valence-corrected chi connectivity index (χ0v) is 16.6. The van der Waals surface area contributed by atoms with E-state index in [1.807, 2.05) is 29.0 Å². The van der Waals surface area contributed by atoms with Gasteiger partial charge in [-0.15, -0.1) is 0 Å². The van der Waals surface area contributed by atoms with Crippen LogP contribution >= 0.6 is 0 Å². The van der Waals surface area contributed by atoms with Gasteiger partial charge >= 0.3 is 0 Å². The van der Waals surface area contributed by atoms with Gasteiger partial charge in [-0.1, -0.05) is 6.07 Å². The quantitative estimate of drug-likeness (QED) is 0.500. The second-order valence-electron chi connectivity index (χ2n) is 8.52. The van der Waals surface area contributed by atoms with Crippen molar-refractivity contribution in [3.8, 4) is 0 Å². The zero-order valence-electron chi connectivity index (χ0n) is 16.6. The van der Waals surface area contributed by atoms with Crippen LogP contribution in [0.3, 0.4) is 0 Å². The molecule has 6 N–H and O–H groups in total. The van der Waals surface area contributed by atoms with Crippen LogP contribution in [-0.4, -0.2) is 54.7 Å². The van der Waals surface area contributed by atoms with Gasteiger partial charge in [-0.3, -0.25) is 0 Å². The Morgan fingerprint density at radius 3 is 2.87 bits per heavy atom. The predicted octanol–water partition coefficient (Wildman–Crippen LogP) is 1.07. The highest BCUT2D eigenvalue weighted by molar-refractivity contribution is 5.86. The largest absolute Gasteiger partial charge is 0.390 e. The standard InChI is InChI=1S/C21H26N6O3/c22-16-3-1-2-12(26-16)4-5-13-8-21(10-30-13)9-15(17(28)18(21)29)27-7-6-14-19(23)24-11-25-20(14)27/h1-3,6-7,11,13,15,17-18,28-29H,4-5,8-10H2,(H2,22,26)(H2,23,24,25)/t13-,15+,17-,18-,21-/m0/s1. The highest BCUT2D eigenvalue weighted by atomic mass is 16.5. The van der Waals surface area contributed by atoms with E-state index in [0.29, 0.717) is 36.7 Å². The van der Waals surface area contributed by atoms with Gasteiger partial charge in [0.05, 0.1) is 30.2 Å². The summed E-state index contributed by atoms with van der Waals surface area (Å²) < 4.78 is 7.95. The number of ether oxygens (including phenoxy) is 1. The monoisotopic (exact) mass is 410 g/mol. The minimum Gasteiger partial charge on any atom is -0.390 e. The Morgan fingerprint density at radius 2 is 2.03 bits per heavy atom. The minimum absolute atomic E-state index is 0.00760. The summed E-state index contributed by atoms with van der Waals surface area (Å²) in [6, 6.07) is 7.17. The molecule has 5 atom stereocenters. The number of hydrogen-bond donors (Lipinski definition) is 4. The first kappa shape index (κ1) is 19.2. The molecule has 9 heteroatoms. The average molecular weight is 410 g/mol. The number of aromatic nitrogens is 4. The van der Waals surface area contributed by atoms with E-state index in [1.54, 1.807) is 6.07 Å². The Hall–Kier alpha value is -2.75. The lowest BCUT2D eigenvalue weighted by Gasteiger charge is -2.26. The predicted molar refractivity (Wildman–Crippen MR) is 111 cm³/mol. The summed E-state index contributed by atoms with van der Waals surface area (Å²) in [6.45, 7) is 0.424. The molecule has 1 aliphatic heterocycles. The van der Waals surface area contributed by atoms with Crippen molar-refractivity contribution < 1.29 is 14.9 Å². The first-order valence-corrected chi connectivity index (χ1v) is 10.2. The molecular formula is C21H26N6O3. The molecule has 1 saturated carbocycles. The lowest BCUT2D eigenvalue weighted by atomic mass is 9.80. The Labute approximate surface area is 173 Å². The summed E-state index contributed by atoms with van der Waals surface area (Å²) in [4.78, 5) is 12.7. The van der Waals surface area contributed by atoms with E-state index >= 15 is 0 Å². The van der Waals surface area contributed by atoms with E-state index in [0.717, 1.165) is 23.9 Å². The zero-order chi connectivity index (χ0) is 20.9. The van der Waals surface area contributed by atoms with Gasteiger partial charge in [0, 0.05) is 17.3 Å². The van der Waals surface area contributed by atoms with Crippen LogP contribution in [0.1, 0.15) is 31.0 Å². The van der Waals surface area contributed by atoms with Crippen LogP contribution in [0.4, 0.5) is 11.6 Å². The molecule has 30 heavy (non-hydrogen) atoms. The van der Waals surface area contributed by atoms with Crippen molar-refractivity contribution in [1.29, 1.82) is 0 Å². The van der Waals surface area contributed by atoms with E-state index in [1.165, 1.54) is 6.33 Å². The van der Waals surface area contributed by atoms with Crippen molar-refractivity contribution in [3.63, 3.8) is 0 Å². The molecule has 2 fully saturated rings. The molecule has 2 aliphatic rings. The van der Waals surface area contributed by atoms with E-state index in [9.17, 15) is 10.2 Å². The summed E-state index contributed by atoms with van der Waals surface area (Å²) in [5.74, 6) is 0.915. The summed E-state index contributed by atoms with van der Waals surface area (Å²) in [6.07, 6.45) is 4.36. The van der Waals surface area contributed by atoms with E-state index in [-0.39, 0.29) is 12.1 Å². The van der Waals surface area contributed by atoms with Gasteiger partial charge in [0.1, 0.15) is 29.7 Å². The number of aliphatic hydroxyl groups excluding tert-OH is 2. The number of nitrogens with zero attached hydrogens (tertiary/aromatic N) is 4. The molecule has 9 nitrogen and oxygen atoms in total. The van der Waals surface area contributed by atoms with Crippen LogP contribution in [0.2, 0.25) is 0 Å². The lowest BCUT2D eigenvalue weighted by Crippen LogP contribution is -2.37. The van der Waals surface area contributed by atoms with Crippen LogP contribution < -0.4 is 11.5 Å². The molecule has 1 aliphatic carbocycles. The van der Waals surface area contributed by atoms with Crippen molar-refractivity contribution in [3.05, 3.63) is 42.5 Å². The SMILES string of the molecule is Nc1cccc(CC[C@H]2C[C@@]3(CO2)C[C@@H](n2ccc4c(N)ncnc42)[C@H](O)[C@@H]3O)n1. The smallest absolute Gasteiger partial charge is 0.145 e. The highest BCUT2D eigenvalue weighted by Crippen LogP contribution is 2.52. The number of rotatable bonds is 4. The molecule has 1 saturated heterocycles. The molecule has 3 aromatic heterocycles. The Kier molecular flexibility index (Phi) is 4.61. The third-order valence-corrected chi connectivity index (χ3v) is 6.65.